The van der Waals surface area contributed by atoms with E-state index in [-0.39, 0.29) is 12.1 Å². The van der Waals surface area contributed by atoms with Gasteiger partial charge in [0.25, 0.3) is 0 Å². The number of hydrogen-bond acceptors (Lipinski definition) is 6. The van der Waals surface area contributed by atoms with Crippen molar-refractivity contribution in [1.82, 2.24) is 25.1 Å². The van der Waals surface area contributed by atoms with Crippen molar-refractivity contribution in [2.75, 3.05) is 13.1 Å². The average Bonchev–Trinajstić information content (AvgIpc) is 3.36. The normalized spacial score (nSPS) is 17.4. The van der Waals surface area contributed by atoms with Crippen LogP contribution in [0.5, 0.6) is 0 Å². The Bertz CT molecular complexity index is 796. The van der Waals surface area contributed by atoms with Gasteiger partial charge in [-0.1, -0.05) is 36.4 Å². The summed E-state index contributed by atoms with van der Waals surface area (Å²) in [6.07, 6.45) is 2.31. The first-order valence-corrected chi connectivity index (χ1v) is 9.95. The fourth-order valence-electron chi connectivity index (χ4n) is 3.51. The highest BCUT2D eigenvalue weighted by atomic mass is 32.1. The molecule has 1 aromatic carbocycles. The van der Waals surface area contributed by atoms with E-state index in [4.69, 9.17) is 0 Å². The summed E-state index contributed by atoms with van der Waals surface area (Å²) in [6, 6.07) is 14.7. The Balaban J connectivity index is 1.57. The molecule has 1 saturated heterocycles. The first-order valence-electron chi connectivity index (χ1n) is 9.07. The molecule has 136 valence electrons. The smallest absolute Gasteiger partial charge is 0.173 e. The zero-order chi connectivity index (χ0) is 17.8. The molecule has 1 atom stereocenters. The van der Waals surface area contributed by atoms with E-state index in [9.17, 15) is 5.11 Å². The molecule has 26 heavy (non-hydrogen) atoms. The number of aliphatic hydroxyl groups excluding tert-OH is 1. The summed E-state index contributed by atoms with van der Waals surface area (Å²) in [4.78, 5) is 3.64. The maximum absolute atomic E-state index is 9.87. The fourth-order valence-corrected chi connectivity index (χ4v) is 4.36. The molecule has 0 spiro atoms. The lowest BCUT2D eigenvalue weighted by Gasteiger charge is -2.35. The number of rotatable bonds is 6. The molecule has 1 aliphatic heterocycles. The highest BCUT2D eigenvalue weighted by molar-refractivity contribution is 7.10. The van der Waals surface area contributed by atoms with E-state index in [1.165, 1.54) is 10.4 Å². The van der Waals surface area contributed by atoms with Crippen molar-refractivity contribution in [2.45, 2.75) is 38.0 Å². The standard InChI is InChI=1S/C19H23N5OS/c25-16-9-11-23(12-10-16)18(17-7-4-14-26-17)19-20-21-22-24(19)13-8-15-5-2-1-3-6-15/h1-7,14,16,18,25H,8-13H2. The Hall–Kier alpha value is -2.09. The van der Waals surface area contributed by atoms with Crippen LogP contribution in [0.25, 0.3) is 0 Å². The molecule has 0 radical (unpaired) electrons. The molecule has 0 amide bonds. The second-order valence-electron chi connectivity index (χ2n) is 6.68. The van der Waals surface area contributed by atoms with Crippen LogP contribution < -0.4 is 0 Å². The number of benzene rings is 1. The molecule has 0 aliphatic carbocycles. The minimum absolute atomic E-state index is 0.0493. The third kappa shape index (κ3) is 3.85. The zero-order valence-electron chi connectivity index (χ0n) is 14.6. The molecule has 1 aliphatic rings. The van der Waals surface area contributed by atoms with Crippen LogP contribution in [-0.2, 0) is 13.0 Å². The average molecular weight is 369 g/mol. The molecule has 1 fully saturated rings. The quantitative estimate of drug-likeness (QED) is 0.723. The van der Waals surface area contributed by atoms with Crippen LogP contribution >= 0.6 is 11.3 Å². The maximum Gasteiger partial charge on any atom is 0.173 e. The van der Waals surface area contributed by atoms with Gasteiger partial charge in [0.1, 0.15) is 6.04 Å². The van der Waals surface area contributed by atoms with E-state index in [2.05, 4.69) is 62.2 Å². The van der Waals surface area contributed by atoms with Gasteiger partial charge in [-0.25, -0.2) is 4.68 Å². The highest BCUT2D eigenvalue weighted by Gasteiger charge is 2.31. The van der Waals surface area contributed by atoms with Gasteiger partial charge in [-0.05, 0) is 46.7 Å². The lowest BCUT2D eigenvalue weighted by molar-refractivity contribution is 0.0668. The van der Waals surface area contributed by atoms with Gasteiger partial charge in [0, 0.05) is 24.5 Å². The molecule has 2 aromatic heterocycles. The molecule has 3 aromatic rings. The number of piperidine rings is 1. The first kappa shape index (κ1) is 17.3. The van der Waals surface area contributed by atoms with Crippen molar-refractivity contribution in [1.29, 1.82) is 0 Å². The van der Waals surface area contributed by atoms with Crippen LogP contribution in [0.4, 0.5) is 0 Å². The van der Waals surface area contributed by atoms with Crippen LogP contribution in [0.1, 0.15) is 35.1 Å². The van der Waals surface area contributed by atoms with E-state index in [1.54, 1.807) is 11.3 Å². The van der Waals surface area contributed by atoms with Gasteiger partial charge in [-0.15, -0.1) is 16.4 Å². The molecule has 1 unspecified atom stereocenters. The number of thiophene rings is 1. The Kier molecular flexibility index (Phi) is 5.38. The number of likely N-dealkylation sites (tertiary alicyclic amines) is 1. The summed E-state index contributed by atoms with van der Waals surface area (Å²) in [5.41, 5.74) is 1.28. The summed E-state index contributed by atoms with van der Waals surface area (Å²) >= 11 is 1.73. The Morgan fingerprint density at radius 1 is 1.12 bits per heavy atom. The van der Waals surface area contributed by atoms with E-state index in [1.807, 2.05) is 10.7 Å². The third-order valence-corrected chi connectivity index (χ3v) is 5.86. The summed E-state index contributed by atoms with van der Waals surface area (Å²) in [6.45, 7) is 2.47. The van der Waals surface area contributed by atoms with Gasteiger partial charge in [-0.3, -0.25) is 4.90 Å². The van der Waals surface area contributed by atoms with E-state index in [0.717, 1.165) is 44.7 Å². The predicted molar refractivity (Wildman–Crippen MR) is 101 cm³/mol. The molecule has 0 bridgehead atoms. The molecule has 0 saturated carbocycles. The van der Waals surface area contributed by atoms with Gasteiger partial charge < -0.3 is 5.11 Å². The van der Waals surface area contributed by atoms with Crippen molar-refractivity contribution >= 4 is 11.3 Å². The number of tetrazole rings is 1. The predicted octanol–water partition coefficient (Wildman–Crippen LogP) is 2.52. The summed E-state index contributed by atoms with van der Waals surface area (Å²) in [5.74, 6) is 0.889. The summed E-state index contributed by atoms with van der Waals surface area (Å²) in [5, 5.41) is 24.6. The second kappa shape index (κ2) is 8.07. The molecule has 4 rings (SSSR count). The SMILES string of the molecule is OC1CCN(C(c2cccs2)c2nnnn2CCc2ccccc2)CC1. The lowest BCUT2D eigenvalue weighted by atomic mass is 10.0. The minimum Gasteiger partial charge on any atom is -0.393 e. The highest BCUT2D eigenvalue weighted by Crippen LogP contribution is 2.32. The van der Waals surface area contributed by atoms with Crippen molar-refractivity contribution in [2.24, 2.45) is 0 Å². The first-order chi connectivity index (χ1) is 12.8. The molecule has 6 nitrogen and oxygen atoms in total. The fraction of sp³-hybridized carbons (Fsp3) is 0.421. The molecule has 7 heteroatoms. The molecule has 3 heterocycles. The van der Waals surface area contributed by atoms with Crippen molar-refractivity contribution in [3.63, 3.8) is 0 Å². The van der Waals surface area contributed by atoms with Crippen LogP contribution in [0, 0.1) is 0 Å². The molecular formula is C19H23N5OS. The van der Waals surface area contributed by atoms with Gasteiger partial charge in [0.05, 0.1) is 6.10 Å². The van der Waals surface area contributed by atoms with E-state index < -0.39 is 0 Å². The van der Waals surface area contributed by atoms with Gasteiger partial charge in [-0.2, -0.15) is 0 Å². The Labute approximate surface area is 157 Å². The number of aromatic nitrogens is 4. The van der Waals surface area contributed by atoms with Gasteiger partial charge in [0.2, 0.25) is 0 Å². The minimum atomic E-state index is -0.190. The number of hydrogen-bond donors (Lipinski definition) is 1. The topological polar surface area (TPSA) is 67.1 Å². The largest absolute Gasteiger partial charge is 0.393 e. The molecule has 1 N–H and O–H groups in total. The monoisotopic (exact) mass is 369 g/mol. The van der Waals surface area contributed by atoms with E-state index >= 15 is 0 Å². The van der Waals surface area contributed by atoms with Crippen LogP contribution in [0.2, 0.25) is 0 Å². The Morgan fingerprint density at radius 3 is 2.65 bits per heavy atom. The lowest BCUT2D eigenvalue weighted by Crippen LogP contribution is -2.39. The maximum atomic E-state index is 9.87. The number of aliphatic hydroxyl groups is 1. The van der Waals surface area contributed by atoms with Crippen LogP contribution in [0.15, 0.2) is 47.8 Å². The van der Waals surface area contributed by atoms with Crippen molar-refractivity contribution in [3.05, 3.63) is 64.1 Å². The van der Waals surface area contributed by atoms with Gasteiger partial charge >= 0.3 is 0 Å². The summed E-state index contributed by atoms with van der Waals surface area (Å²) in [7, 11) is 0. The third-order valence-electron chi connectivity index (χ3n) is 4.94. The van der Waals surface area contributed by atoms with Crippen LogP contribution in [0.3, 0.4) is 0 Å². The Morgan fingerprint density at radius 2 is 1.92 bits per heavy atom. The van der Waals surface area contributed by atoms with E-state index in [0.29, 0.717) is 0 Å². The van der Waals surface area contributed by atoms with Gasteiger partial charge in [0.15, 0.2) is 5.82 Å². The summed E-state index contributed by atoms with van der Waals surface area (Å²) < 4.78 is 1.93. The zero-order valence-corrected chi connectivity index (χ0v) is 15.4. The number of aryl methyl sites for hydroxylation is 2. The number of nitrogens with zero attached hydrogens (tertiary/aromatic N) is 5. The van der Waals surface area contributed by atoms with Crippen molar-refractivity contribution in [3.8, 4) is 0 Å². The second-order valence-corrected chi connectivity index (χ2v) is 7.66. The molecular weight excluding hydrogens is 346 g/mol. The van der Waals surface area contributed by atoms with Crippen LogP contribution in [-0.4, -0.2) is 49.4 Å². The van der Waals surface area contributed by atoms with Crippen molar-refractivity contribution < 1.29 is 5.11 Å².